The van der Waals surface area contributed by atoms with Crippen LogP contribution in [-0.2, 0) is 38.0 Å². The van der Waals surface area contributed by atoms with Crippen molar-refractivity contribution in [1.29, 1.82) is 0 Å². The molecule has 61 heavy (non-hydrogen) atoms. The molecule has 0 aromatic rings. The lowest BCUT2D eigenvalue weighted by Crippen LogP contribution is -2.61. The summed E-state index contributed by atoms with van der Waals surface area (Å²) in [6.07, 6.45) is 15.0. The van der Waals surface area contributed by atoms with Crippen molar-refractivity contribution in [3.05, 3.63) is 24.3 Å². The van der Waals surface area contributed by atoms with Crippen LogP contribution in [0.5, 0.6) is 0 Å². The Balaban J connectivity index is 1.86. The molecule has 15 nitrogen and oxygen atoms in total. The van der Waals surface area contributed by atoms with Crippen molar-refractivity contribution < 1.29 is 73.8 Å². The fraction of sp³-hybridized carbons (Fsp3) is 0.870. The summed E-state index contributed by atoms with van der Waals surface area (Å²) < 4.78 is 33.4. The molecule has 7 N–H and O–H groups in total. The number of unbranched alkanes of at least 4 members (excludes halogenated alkanes) is 17. The van der Waals surface area contributed by atoms with Crippen LogP contribution in [0.1, 0.15) is 162 Å². The molecule has 0 bridgehead atoms. The first-order valence-corrected chi connectivity index (χ1v) is 23.4. The van der Waals surface area contributed by atoms with E-state index in [2.05, 4.69) is 38.2 Å². The van der Waals surface area contributed by atoms with E-state index < -0.39 is 92.7 Å². The molecule has 0 aromatic carbocycles. The Labute approximate surface area is 364 Å². The van der Waals surface area contributed by atoms with Crippen LogP contribution < -0.4 is 0 Å². The topological polar surface area (TPSA) is 231 Å². The second kappa shape index (κ2) is 34.4. The lowest BCUT2D eigenvalue weighted by Gasteiger charge is -2.42. The van der Waals surface area contributed by atoms with Crippen molar-refractivity contribution in [2.45, 2.75) is 229 Å². The molecule has 0 aromatic heterocycles. The monoisotopic (exact) mass is 875 g/mol. The van der Waals surface area contributed by atoms with Gasteiger partial charge in [-0.1, -0.05) is 109 Å². The minimum Gasteiger partial charge on any atom is -0.462 e. The van der Waals surface area contributed by atoms with Gasteiger partial charge < -0.3 is 64.2 Å². The highest BCUT2D eigenvalue weighted by Crippen LogP contribution is 2.26. The van der Waals surface area contributed by atoms with E-state index in [-0.39, 0.29) is 26.1 Å². The lowest BCUT2D eigenvalue weighted by atomic mass is 9.98. The predicted molar refractivity (Wildman–Crippen MR) is 229 cm³/mol. The zero-order chi connectivity index (χ0) is 44.7. The maximum Gasteiger partial charge on any atom is 0.306 e. The molecule has 2 fully saturated rings. The van der Waals surface area contributed by atoms with Gasteiger partial charge in [0.25, 0.3) is 0 Å². The third kappa shape index (κ3) is 23.5. The summed E-state index contributed by atoms with van der Waals surface area (Å²) in [5, 5.41) is 71.9. The Hall–Kier alpha value is -2.02. The zero-order valence-corrected chi connectivity index (χ0v) is 37.1. The van der Waals surface area contributed by atoms with E-state index in [1.54, 1.807) is 0 Å². The molecule has 0 radical (unpaired) electrons. The van der Waals surface area contributed by atoms with Gasteiger partial charge in [0.05, 0.1) is 19.8 Å². The average molecular weight is 875 g/mol. The van der Waals surface area contributed by atoms with E-state index in [9.17, 15) is 45.3 Å². The second-order valence-electron chi connectivity index (χ2n) is 16.6. The van der Waals surface area contributed by atoms with Gasteiger partial charge in [0.15, 0.2) is 18.7 Å². The van der Waals surface area contributed by atoms with Gasteiger partial charge in [0.2, 0.25) is 0 Å². The zero-order valence-electron chi connectivity index (χ0n) is 37.1. The minimum atomic E-state index is -1.76. The Morgan fingerprint density at radius 3 is 1.48 bits per heavy atom. The third-order valence-corrected chi connectivity index (χ3v) is 11.2. The van der Waals surface area contributed by atoms with Crippen molar-refractivity contribution in [3.63, 3.8) is 0 Å². The summed E-state index contributed by atoms with van der Waals surface area (Å²) in [4.78, 5) is 25.6. The molecule has 15 heteroatoms. The summed E-state index contributed by atoms with van der Waals surface area (Å²) >= 11 is 0. The quantitative estimate of drug-likeness (QED) is 0.0246. The van der Waals surface area contributed by atoms with Crippen molar-refractivity contribution in [3.8, 4) is 0 Å². The van der Waals surface area contributed by atoms with E-state index >= 15 is 0 Å². The number of esters is 2. The van der Waals surface area contributed by atoms with Gasteiger partial charge in [0, 0.05) is 12.8 Å². The summed E-state index contributed by atoms with van der Waals surface area (Å²) in [7, 11) is 0. The lowest BCUT2D eigenvalue weighted by molar-refractivity contribution is -0.332. The highest BCUT2D eigenvalue weighted by molar-refractivity contribution is 5.70. The standard InChI is InChI=1S/C46H82O15/c1-3-5-7-9-11-13-15-17-19-21-23-25-27-29-38(49)59-34(31-56-37(48)28-26-24-22-20-18-16-14-12-10-8-6-4-2)32-57-45-44(55)42(53)40(51)36(61-45)33-58-46-43(54)41(52)39(50)35(30-47)60-46/h12-15,34-36,39-47,50-55H,3-11,16-33H2,1-2H3/b14-12+,15-13+/t34-,35-,36-,39+,40+,41?,42?,43?,44?,45-,46-/m1/s1. The molecule has 2 rings (SSSR count). The average Bonchev–Trinajstić information content (AvgIpc) is 3.25. The Morgan fingerprint density at radius 1 is 0.508 bits per heavy atom. The van der Waals surface area contributed by atoms with Crippen LogP contribution >= 0.6 is 0 Å². The number of aliphatic hydroxyl groups is 7. The summed E-state index contributed by atoms with van der Waals surface area (Å²) in [6.45, 7) is 2.51. The van der Waals surface area contributed by atoms with Crippen LogP contribution in [0.3, 0.4) is 0 Å². The molecule has 2 aliphatic rings. The maximum atomic E-state index is 12.9. The first-order valence-electron chi connectivity index (χ1n) is 23.4. The number of carbonyl (C=O) groups is 2. The smallest absolute Gasteiger partial charge is 0.306 e. The SMILES string of the molecule is CCCCC/C=C/CCCCCCCC(=O)OC[C@H](CO[C@@H]1O[C@H](CO[C@@H]2O[C@H](CO)[C@H](O)C(O)C2O)[C@H](O)C(O)C1O)OC(=O)CCCCCCC/C=C/CCCCCC. The molecule has 11 atom stereocenters. The van der Waals surface area contributed by atoms with Crippen molar-refractivity contribution in [2.75, 3.05) is 26.4 Å². The van der Waals surface area contributed by atoms with E-state index in [4.69, 9.17) is 28.4 Å². The van der Waals surface area contributed by atoms with Crippen LogP contribution in [0.2, 0.25) is 0 Å². The largest absolute Gasteiger partial charge is 0.462 e. The molecule has 0 spiro atoms. The van der Waals surface area contributed by atoms with Gasteiger partial charge in [-0.05, 0) is 64.2 Å². The Bertz CT molecular complexity index is 1170. The Morgan fingerprint density at radius 2 is 0.934 bits per heavy atom. The second-order valence-corrected chi connectivity index (χ2v) is 16.6. The third-order valence-electron chi connectivity index (χ3n) is 11.2. The number of hydrogen-bond donors (Lipinski definition) is 7. The van der Waals surface area contributed by atoms with Crippen LogP contribution in [0, 0.1) is 0 Å². The Kier molecular flexibility index (Phi) is 31.1. The van der Waals surface area contributed by atoms with Gasteiger partial charge >= 0.3 is 11.9 Å². The van der Waals surface area contributed by atoms with Gasteiger partial charge in [-0.3, -0.25) is 9.59 Å². The van der Waals surface area contributed by atoms with Gasteiger partial charge in [-0.15, -0.1) is 0 Å². The van der Waals surface area contributed by atoms with Gasteiger partial charge in [0.1, 0.15) is 55.4 Å². The molecular weight excluding hydrogens is 792 g/mol. The van der Waals surface area contributed by atoms with Crippen molar-refractivity contribution >= 4 is 11.9 Å². The highest BCUT2D eigenvalue weighted by atomic mass is 16.7. The van der Waals surface area contributed by atoms with Gasteiger partial charge in [-0.2, -0.15) is 0 Å². The van der Waals surface area contributed by atoms with Crippen LogP contribution in [-0.4, -0.2) is 142 Å². The summed E-state index contributed by atoms with van der Waals surface area (Å²) in [6, 6.07) is 0. The van der Waals surface area contributed by atoms with Crippen molar-refractivity contribution in [2.24, 2.45) is 0 Å². The van der Waals surface area contributed by atoms with Crippen LogP contribution in [0.25, 0.3) is 0 Å². The van der Waals surface area contributed by atoms with E-state index in [0.717, 1.165) is 77.0 Å². The number of carbonyl (C=O) groups excluding carboxylic acids is 2. The van der Waals surface area contributed by atoms with E-state index in [1.807, 2.05) is 0 Å². The first-order chi connectivity index (χ1) is 29.5. The molecular formula is C46H82O15. The number of aliphatic hydroxyl groups excluding tert-OH is 7. The van der Waals surface area contributed by atoms with E-state index in [1.165, 1.54) is 44.9 Å². The van der Waals surface area contributed by atoms with Crippen LogP contribution in [0.15, 0.2) is 24.3 Å². The fourth-order valence-electron chi connectivity index (χ4n) is 7.20. The normalized spacial score (nSPS) is 27.5. The first kappa shape index (κ1) is 55.1. The highest BCUT2D eigenvalue weighted by Gasteiger charge is 2.47. The molecule has 4 unspecified atom stereocenters. The minimum absolute atomic E-state index is 0.154. The predicted octanol–water partition coefficient (Wildman–Crippen LogP) is 5.21. The van der Waals surface area contributed by atoms with Gasteiger partial charge in [-0.25, -0.2) is 0 Å². The van der Waals surface area contributed by atoms with Crippen molar-refractivity contribution in [1.82, 2.24) is 0 Å². The van der Waals surface area contributed by atoms with E-state index in [0.29, 0.717) is 12.8 Å². The van der Waals surface area contributed by atoms with Crippen LogP contribution in [0.4, 0.5) is 0 Å². The molecule has 0 aliphatic carbocycles. The maximum absolute atomic E-state index is 12.9. The number of hydrogen-bond acceptors (Lipinski definition) is 15. The fourth-order valence-corrected chi connectivity index (χ4v) is 7.20. The molecule has 2 heterocycles. The molecule has 2 saturated heterocycles. The molecule has 0 saturated carbocycles. The summed E-state index contributed by atoms with van der Waals surface area (Å²) in [5.41, 5.74) is 0. The summed E-state index contributed by atoms with van der Waals surface area (Å²) in [5.74, 6) is -0.946. The number of allylic oxidation sites excluding steroid dienone is 4. The molecule has 2 aliphatic heterocycles. The molecule has 356 valence electrons. The number of rotatable bonds is 35. The number of ether oxygens (including phenoxy) is 6. The molecule has 0 amide bonds.